The number of thioether (sulfide) groups is 1. The highest BCUT2D eigenvalue weighted by Gasteiger charge is 2.19. The zero-order chi connectivity index (χ0) is 15.6. The summed E-state index contributed by atoms with van der Waals surface area (Å²) in [5.41, 5.74) is 6.44. The van der Waals surface area contributed by atoms with Gasteiger partial charge in [0.05, 0.1) is 12.8 Å². The number of rotatable bonds is 3. The number of benzene rings is 2. The quantitative estimate of drug-likeness (QED) is 0.798. The monoisotopic (exact) mass is 322 g/mol. The van der Waals surface area contributed by atoms with Crippen LogP contribution in [-0.2, 0) is 0 Å². The van der Waals surface area contributed by atoms with Crippen molar-refractivity contribution in [1.82, 2.24) is 14.9 Å². The second-order valence-corrected chi connectivity index (χ2v) is 5.84. The van der Waals surface area contributed by atoms with E-state index in [0.29, 0.717) is 0 Å². The molecule has 6 heteroatoms. The van der Waals surface area contributed by atoms with Gasteiger partial charge < -0.3 is 4.74 Å². The normalized spacial score (nSPS) is 13.0. The Labute approximate surface area is 138 Å². The lowest BCUT2D eigenvalue weighted by Gasteiger charge is -2.19. The molecule has 0 spiro atoms. The molecule has 1 N–H and O–H groups in total. The predicted octanol–water partition coefficient (Wildman–Crippen LogP) is 3.60. The maximum Gasteiger partial charge on any atom is 0.214 e. The molecule has 2 aromatic carbocycles. The minimum absolute atomic E-state index is 0.793. The van der Waals surface area contributed by atoms with Crippen molar-refractivity contribution >= 4 is 17.5 Å². The van der Waals surface area contributed by atoms with E-state index in [1.807, 2.05) is 64.7 Å². The van der Waals surface area contributed by atoms with Crippen molar-refractivity contribution in [3.8, 4) is 17.1 Å². The first-order valence-electron chi connectivity index (χ1n) is 7.14. The van der Waals surface area contributed by atoms with E-state index in [1.54, 1.807) is 18.9 Å². The van der Waals surface area contributed by atoms with E-state index >= 15 is 0 Å². The number of hydrogen-bond acceptors (Lipinski definition) is 5. The molecule has 23 heavy (non-hydrogen) atoms. The number of hydrogen-bond donors (Lipinski definition) is 1. The minimum Gasteiger partial charge on any atom is -0.497 e. The second-order valence-electron chi connectivity index (χ2n) is 5.00. The molecular weight excluding hydrogens is 308 g/mol. The largest absolute Gasteiger partial charge is 0.497 e. The molecule has 0 aliphatic carbocycles. The molecular formula is C17H14N4OS. The summed E-state index contributed by atoms with van der Waals surface area (Å²) in [6, 6.07) is 18.0. The molecule has 0 amide bonds. The summed E-state index contributed by atoms with van der Waals surface area (Å²) in [5, 5.41) is 11.4. The maximum atomic E-state index is 5.30. The SMILES string of the molecule is COc1cccc(C2=CSc3nnc(-c4ccccc4)n3N2)c1. The Kier molecular flexibility index (Phi) is 3.51. The summed E-state index contributed by atoms with van der Waals surface area (Å²) in [4.78, 5) is 0. The number of ether oxygens (including phenoxy) is 1. The van der Waals surface area contributed by atoms with Crippen LogP contribution in [0.5, 0.6) is 5.75 Å². The van der Waals surface area contributed by atoms with E-state index in [4.69, 9.17) is 4.74 Å². The molecule has 1 aliphatic rings. The fraction of sp³-hybridized carbons (Fsp3) is 0.0588. The number of nitrogens with zero attached hydrogens (tertiary/aromatic N) is 3. The van der Waals surface area contributed by atoms with Crippen LogP contribution in [0.25, 0.3) is 17.1 Å². The summed E-state index contributed by atoms with van der Waals surface area (Å²) >= 11 is 1.54. The lowest BCUT2D eigenvalue weighted by molar-refractivity contribution is 0.414. The average Bonchev–Trinajstić information content (AvgIpc) is 3.05. The molecule has 0 fully saturated rings. The van der Waals surface area contributed by atoms with Crippen LogP contribution >= 0.6 is 11.8 Å². The lowest BCUT2D eigenvalue weighted by atomic mass is 10.1. The minimum atomic E-state index is 0.793. The Morgan fingerprint density at radius 3 is 2.65 bits per heavy atom. The van der Waals surface area contributed by atoms with E-state index in [9.17, 15) is 0 Å². The van der Waals surface area contributed by atoms with E-state index < -0.39 is 0 Å². The molecule has 4 rings (SSSR count). The van der Waals surface area contributed by atoms with Crippen LogP contribution in [-0.4, -0.2) is 22.0 Å². The summed E-state index contributed by atoms with van der Waals surface area (Å²) in [6.07, 6.45) is 0. The van der Waals surface area contributed by atoms with Gasteiger partial charge in [0.15, 0.2) is 5.82 Å². The highest BCUT2D eigenvalue weighted by Crippen LogP contribution is 2.32. The zero-order valence-corrected chi connectivity index (χ0v) is 13.2. The van der Waals surface area contributed by atoms with Crippen molar-refractivity contribution in [2.45, 2.75) is 5.16 Å². The van der Waals surface area contributed by atoms with Gasteiger partial charge in [-0.05, 0) is 12.1 Å². The number of aromatic nitrogens is 3. The Bertz CT molecular complexity index is 873. The standard InChI is InChI=1S/C17H14N4OS/c1-22-14-9-5-8-13(10-14)15-11-23-17-19-18-16(21(17)20-15)12-6-3-2-4-7-12/h2-11,20H,1H3. The van der Waals surface area contributed by atoms with Crippen LogP contribution in [0.4, 0.5) is 0 Å². The molecule has 0 atom stereocenters. The van der Waals surface area contributed by atoms with Crippen LogP contribution in [0, 0.1) is 0 Å². The van der Waals surface area contributed by atoms with E-state index in [-0.39, 0.29) is 0 Å². The average molecular weight is 322 g/mol. The van der Waals surface area contributed by atoms with Gasteiger partial charge in [0.1, 0.15) is 5.75 Å². The predicted molar refractivity (Wildman–Crippen MR) is 91.6 cm³/mol. The Morgan fingerprint density at radius 1 is 1.00 bits per heavy atom. The third-order valence-corrected chi connectivity index (χ3v) is 4.39. The van der Waals surface area contributed by atoms with Gasteiger partial charge in [-0.3, -0.25) is 5.43 Å². The van der Waals surface area contributed by atoms with Gasteiger partial charge in [-0.25, -0.2) is 4.68 Å². The van der Waals surface area contributed by atoms with Crippen molar-refractivity contribution in [3.63, 3.8) is 0 Å². The van der Waals surface area contributed by atoms with Crippen molar-refractivity contribution in [3.05, 3.63) is 65.6 Å². The Morgan fingerprint density at radius 2 is 1.83 bits per heavy atom. The first-order chi connectivity index (χ1) is 11.3. The second kappa shape index (κ2) is 5.81. The molecule has 2 heterocycles. The van der Waals surface area contributed by atoms with Gasteiger partial charge in [-0.2, -0.15) is 0 Å². The topological polar surface area (TPSA) is 52.0 Å². The van der Waals surface area contributed by atoms with Crippen LogP contribution in [0.3, 0.4) is 0 Å². The molecule has 0 saturated carbocycles. The first kappa shape index (κ1) is 13.9. The van der Waals surface area contributed by atoms with Gasteiger partial charge in [0.2, 0.25) is 5.16 Å². The maximum absolute atomic E-state index is 5.30. The summed E-state index contributed by atoms with van der Waals surface area (Å²) in [5.74, 6) is 1.62. The first-order valence-corrected chi connectivity index (χ1v) is 8.02. The van der Waals surface area contributed by atoms with Gasteiger partial charge in [-0.1, -0.05) is 54.2 Å². The number of methoxy groups -OCH3 is 1. The van der Waals surface area contributed by atoms with Gasteiger partial charge >= 0.3 is 0 Å². The molecule has 1 aromatic heterocycles. The Hall–Kier alpha value is -2.73. The van der Waals surface area contributed by atoms with E-state index in [0.717, 1.165) is 33.6 Å². The highest BCUT2D eigenvalue weighted by molar-refractivity contribution is 8.02. The van der Waals surface area contributed by atoms with Crippen molar-refractivity contribution in [2.75, 3.05) is 12.5 Å². The number of fused-ring (bicyclic) bond motifs is 1. The number of nitrogens with one attached hydrogen (secondary N) is 1. The molecule has 0 unspecified atom stereocenters. The third kappa shape index (κ3) is 2.57. The van der Waals surface area contributed by atoms with E-state index in [2.05, 4.69) is 15.6 Å². The summed E-state index contributed by atoms with van der Waals surface area (Å²) in [6.45, 7) is 0. The Balaban J connectivity index is 1.70. The van der Waals surface area contributed by atoms with Crippen LogP contribution in [0.1, 0.15) is 5.56 Å². The van der Waals surface area contributed by atoms with Crippen molar-refractivity contribution < 1.29 is 4.74 Å². The smallest absolute Gasteiger partial charge is 0.214 e. The molecule has 0 saturated heterocycles. The van der Waals surface area contributed by atoms with Crippen LogP contribution < -0.4 is 10.2 Å². The highest BCUT2D eigenvalue weighted by atomic mass is 32.2. The molecule has 0 bridgehead atoms. The van der Waals surface area contributed by atoms with Crippen LogP contribution in [0.2, 0.25) is 0 Å². The van der Waals surface area contributed by atoms with Gasteiger partial charge in [0.25, 0.3) is 0 Å². The fourth-order valence-corrected chi connectivity index (χ4v) is 3.14. The van der Waals surface area contributed by atoms with E-state index in [1.165, 1.54) is 0 Å². The molecule has 3 aromatic rings. The molecule has 1 aliphatic heterocycles. The molecule has 114 valence electrons. The van der Waals surface area contributed by atoms with Crippen molar-refractivity contribution in [1.29, 1.82) is 0 Å². The van der Waals surface area contributed by atoms with Crippen LogP contribution in [0.15, 0.2) is 65.2 Å². The van der Waals surface area contributed by atoms with Gasteiger partial charge in [0, 0.05) is 16.5 Å². The molecule has 0 radical (unpaired) electrons. The zero-order valence-electron chi connectivity index (χ0n) is 12.4. The summed E-state index contributed by atoms with van der Waals surface area (Å²) in [7, 11) is 1.67. The van der Waals surface area contributed by atoms with Crippen molar-refractivity contribution in [2.24, 2.45) is 0 Å². The lowest BCUT2D eigenvalue weighted by Crippen LogP contribution is -2.18. The fourth-order valence-electron chi connectivity index (χ4n) is 2.40. The van der Waals surface area contributed by atoms with Gasteiger partial charge in [-0.15, -0.1) is 10.2 Å². The third-order valence-electron chi connectivity index (χ3n) is 3.56. The molecule has 5 nitrogen and oxygen atoms in total. The summed E-state index contributed by atoms with van der Waals surface area (Å²) < 4.78 is 7.21.